The number of amides is 2. The molecule has 2 N–H and O–H groups in total. The highest BCUT2D eigenvalue weighted by molar-refractivity contribution is 6.01. The van der Waals surface area contributed by atoms with Crippen molar-refractivity contribution in [2.45, 2.75) is 20.8 Å². The van der Waals surface area contributed by atoms with Crippen LogP contribution in [0.4, 0.5) is 16.2 Å². The Bertz CT molecular complexity index is 1020. The van der Waals surface area contributed by atoms with Crippen molar-refractivity contribution in [1.82, 2.24) is 4.98 Å². The number of anilines is 2. The molecule has 2 amide bonds. The van der Waals surface area contributed by atoms with Crippen LogP contribution in [0.25, 0.3) is 11.1 Å². The molecule has 0 fully saturated rings. The maximum absolute atomic E-state index is 12.4. The van der Waals surface area contributed by atoms with Gasteiger partial charge in [-0.1, -0.05) is 42.5 Å². The van der Waals surface area contributed by atoms with Gasteiger partial charge in [-0.25, -0.2) is 9.59 Å². The lowest BCUT2D eigenvalue weighted by Crippen LogP contribution is -2.21. The average molecular weight is 389 g/mol. The number of esters is 1. The van der Waals surface area contributed by atoms with E-state index in [9.17, 15) is 9.59 Å². The summed E-state index contributed by atoms with van der Waals surface area (Å²) >= 11 is 0. The number of urea groups is 1. The first kappa shape index (κ1) is 20.1. The zero-order chi connectivity index (χ0) is 20.8. The number of nitrogens with zero attached hydrogens (tertiary/aromatic N) is 1. The van der Waals surface area contributed by atoms with Gasteiger partial charge in [-0.3, -0.25) is 4.98 Å². The first-order chi connectivity index (χ1) is 14.0. The van der Waals surface area contributed by atoms with Gasteiger partial charge in [-0.15, -0.1) is 0 Å². The summed E-state index contributed by atoms with van der Waals surface area (Å²) < 4.78 is 5.04. The number of ether oxygens (including phenoxy) is 1. The topological polar surface area (TPSA) is 80.3 Å². The molecule has 6 nitrogen and oxygen atoms in total. The number of aryl methyl sites for hydroxylation is 2. The Morgan fingerprint density at radius 3 is 2.21 bits per heavy atom. The fourth-order valence-electron chi connectivity index (χ4n) is 2.93. The van der Waals surface area contributed by atoms with Crippen LogP contribution in [0.1, 0.15) is 28.7 Å². The van der Waals surface area contributed by atoms with Gasteiger partial charge in [0, 0.05) is 5.69 Å². The Kier molecular flexibility index (Phi) is 6.24. The van der Waals surface area contributed by atoms with E-state index < -0.39 is 12.0 Å². The van der Waals surface area contributed by atoms with E-state index >= 15 is 0 Å². The minimum absolute atomic E-state index is 0.272. The van der Waals surface area contributed by atoms with Crippen molar-refractivity contribution < 1.29 is 14.3 Å². The molecule has 0 spiro atoms. The molecule has 3 aromatic rings. The molecule has 0 aliphatic rings. The lowest BCUT2D eigenvalue weighted by molar-refractivity contribution is 0.0525. The van der Waals surface area contributed by atoms with Crippen molar-refractivity contribution in [1.29, 1.82) is 0 Å². The molecule has 1 aromatic heterocycles. The van der Waals surface area contributed by atoms with Crippen molar-refractivity contribution in [3.63, 3.8) is 0 Å². The van der Waals surface area contributed by atoms with E-state index in [4.69, 9.17) is 4.74 Å². The van der Waals surface area contributed by atoms with Crippen LogP contribution >= 0.6 is 0 Å². The lowest BCUT2D eigenvalue weighted by Gasteiger charge is -2.13. The van der Waals surface area contributed by atoms with Crippen molar-refractivity contribution in [3.8, 4) is 11.1 Å². The molecule has 6 heteroatoms. The molecule has 3 rings (SSSR count). The third-order valence-electron chi connectivity index (χ3n) is 4.40. The summed E-state index contributed by atoms with van der Waals surface area (Å²) in [7, 11) is 0. The number of rotatable bonds is 5. The van der Waals surface area contributed by atoms with Crippen LogP contribution in [0.15, 0.2) is 60.7 Å². The van der Waals surface area contributed by atoms with Gasteiger partial charge in [0.2, 0.25) is 0 Å². The summed E-state index contributed by atoms with van der Waals surface area (Å²) in [6, 6.07) is 18.7. The summed E-state index contributed by atoms with van der Waals surface area (Å²) in [5.74, 6) is -0.461. The number of hydrogen-bond acceptors (Lipinski definition) is 4. The molecule has 0 aliphatic carbocycles. The standard InChI is InChI=1S/C23H23N3O3/c1-4-29-22(27)20-14-21(16(3)24-15(20)2)26-23(28)25-19-12-10-18(11-13-19)17-8-6-5-7-9-17/h5-14H,4H2,1-3H3,(H2,25,26,28). The Hall–Kier alpha value is -3.67. The SMILES string of the molecule is CCOC(=O)c1cc(NC(=O)Nc2ccc(-c3ccccc3)cc2)c(C)nc1C. The number of carbonyl (C=O) groups excluding carboxylic acids is 2. The quantitative estimate of drug-likeness (QED) is 0.589. The Balaban J connectivity index is 1.71. The van der Waals surface area contributed by atoms with Crippen LogP contribution in [0.3, 0.4) is 0 Å². The number of carbonyl (C=O) groups is 2. The van der Waals surface area contributed by atoms with Crippen molar-refractivity contribution >= 4 is 23.4 Å². The highest BCUT2D eigenvalue weighted by Gasteiger charge is 2.15. The van der Waals surface area contributed by atoms with Gasteiger partial charge >= 0.3 is 12.0 Å². The van der Waals surface area contributed by atoms with Gasteiger partial charge in [0.25, 0.3) is 0 Å². The summed E-state index contributed by atoms with van der Waals surface area (Å²) in [5, 5.41) is 5.54. The zero-order valence-corrected chi connectivity index (χ0v) is 16.7. The molecular weight excluding hydrogens is 366 g/mol. The summed E-state index contributed by atoms with van der Waals surface area (Å²) in [4.78, 5) is 28.8. The molecular formula is C23H23N3O3. The molecule has 0 unspecified atom stereocenters. The molecule has 0 atom stereocenters. The third-order valence-corrected chi connectivity index (χ3v) is 4.40. The van der Waals surface area contributed by atoms with Crippen LogP contribution in [-0.2, 0) is 4.74 Å². The van der Waals surface area contributed by atoms with Crippen molar-refractivity contribution in [2.75, 3.05) is 17.2 Å². The van der Waals surface area contributed by atoms with E-state index in [-0.39, 0.29) is 6.61 Å². The minimum atomic E-state index is -0.461. The van der Waals surface area contributed by atoms with Gasteiger partial charge in [-0.05, 0) is 50.1 Å². The Morgan fingerprint density at radius 2 is 1.55 bits per heavy atom. The number of benzene rings is 2. The van der Waals surface area contributed by atoms with Crippen molar-refractivity contribution in [3.05, 3.63) is 77.6 Å². The molecule has 0 radical (unpaired) electrons. The van der Waals surface area contributed by atoms with E-state index in [1.54, 1.807) is 26.8 Å². The van der Waals surface area contributed by atoms with Crippen LogP contribution in [0.5, 0.6) is 0 Å². The number of nitrogens with one attached hydrogen (secondary N) is 2. The first-order valence-electron chi connectivity index (χ1n) is 9.36. The van der Waals surface area contributed by atoms with Gasteiger partial charge < -0.3 is 15.4 Å². The molecule has 0 saturated heterocycles. The smallest absolute Gasteiger partial charge is 0.340 e. The predicted octanol–water partition coefficient (Wildman–Crippen LogP) is 5.19. The Labute approximate surface area is 169 Å². The van der Waals surface area contributed by atoms with Gasteiger partial charge in [0.05, 0.1) is 29.2 Å². The van der Waals surface area contributed by atoms with E-state index in [2.05, 4.69) is 15.6 Å². The van der Waals surface area contributed by atoms with Crippen molar-refractivity contribution in [2.24, 2.45) is 0 Å². The first-order valence-corrected chi connectivity index (χ1v) is 9.36. The van der Waals surface area contributed by atoms with Gasteiger partial charge in [-0.2, -0.15) is 0 Å². The fourth-order valence-corrected chi connectivity index (χ4v) is 2.93. The maximum atomic E-state index is 12.4. The highest BCUT2D eigenvalue weighted by Crippen LogP contribution is 2.22. The van der Waals surface area contributed by atoms with Crippen LogP contribution in [-0.4, -0.2) is 23.6 Å². The second-order valence-electron chi connectivity index (χ2n) is 6.50. The fraction of sp³-hybridized carbons (Fsp3) is 0.174. The second kappa shape index (κ2) is 9.01. The van der Waals surface area contributed by atoms with E-state index in [0.717, 1.165) is 11.1 Å². The molecule has 0 saturated carbocycles. The summed E-state index contributed by atoms with van der Waals surface area (Å²) in [5.41, 5.74) is 4.79. The third kappa shape index (κ3) is 4.99. The predicted molar refractivity (Wildman–Crippen MR) is 114 cm³/mol. The molecule has 2 aromatic carbocycles. The van der Waals surface area contributed by atoms with Gasteiger partial charge in [0.1, 0.15) is 0 Å². The molecule has 148 valence electrons. The maximum Gasteiger partial charge on any atom is 0.340 e. The largest absolute Gasteiger partial charge is 0.462 e. The minimum Gasteiger partial charge on any atom is -0.462 e. The van der Waals surface area contributed by atoms with E-state index in [1.165, 1.54) is 0 Å². The molecule has 29 heavy (non-hydrogen) atoms. The average Bonchev–Trinajstić information content (AvgIpc) is 2.71. The lowest BCUT2D eigenvalue weighted by atomic mass is 10.1. The second-order valence-corrected chi connectivity index (χ2v) is 6.50. The molecule has 0 bridgehead atoms. The van der Waals surface area contributed by atoms with Crippen LogP contribution < -0.4 is 10.6 Å². The number of aromatic nitrogens is 1. The number of hydrogen-bond donors (Lipinski definition) is 2. The zero-order valence-electron chi connectivity index (χ0n) is 16.7. The highest BCUT2D eigenvalue weighted by atomic mass is 16.5. The Morgan fingerprint density at radius 1 is 0.897 bits per heavy atom. The molecule has 1 heterocycles. The molecule has 0 aliphatic heterocycles. The summed E-state index contributed by atoms with van der Waals surface area (Å²) in [6.07, 6.45) is 0. The van der Waals surface area contributed by atoms with Gasteiger partial charge in [0.15, 0.2) is 0 Å². The normalized spacial score (nSPS) is 10.3. The van der Waals surface area contributed by atoms with E-state index in [1.807, 2.05) is 54.6 Å². The van der Waals surface area contributed by atoms with Crippen LogP contribution in [0.2, 0.25) is 0 Å². The number of pyridine rings is 1. The monoisotopic (exact) mass is 389 g/mol. The summed E-state index contributed by atoms with van der Waals surface area (Å²) in [6.45, 7) is 5.52. The van der Waals surface area contributed by atoms with E-state index in [0.29, 0.717) is 28.3 Å². The van der Waals surface area contributed by atoms with Crippen LogP contribution in [0, 0.1) is 13.8 Å².